The number of nitrogens with one attached hydrogen (secondary N) is 2. The number of amides is 2. The second kappa shape index (κ2) is 12.0. The molecule has 0 aliphatic carbocycles. The number of likely N-dealkylation sites (tertiary alicyclic amines) is 1. The quantitative estimate of drug-likeness (QED) is 0.281. The summed E-state index contributed by atoms with van der Waals surface area (Å²) in [4.78, 5) is 41.5. The van der Waals surface area contributed by atoms with Crippen LogP contribution >= 0.6 is 0 Å². The highest BCUT2D eigenvalue weighted by molar-refractivity contribution is 5.99. The molecule has 6 rings (SSSR count). The van der Waals surface area contributed by atoms with Gasteiger partial charge in [0.25, 0.3) is 0 Å². The van der Waals surface area contributed by atoms with E-state index in [1.807, 2.05) is 57.3 Å². The van der Waals surface area contributed by atoms with Crippen LogP contribution in [-0.4, -0.2) is 68.5 Å². The second-order valence-electron chi connectivity index (χ2n) is 12.2. The summed E-state index contributed by atoms with van der Waals surface area (Å²) in [7, 11) is 0. The molecular weight excluding hydrogens is 544 g/mol. The fraction of sp³-hybridized carbons (Fsp3) is 0.394. The van der Waals surface area contributed by atoms with Crippen LogP contribution in [0.15, 0.2) is 55.0 Å². The van der Waals surface area contributed by atoms with Crippen LogP contribution in [0.2, 0.25) is 0 Å². The van der Waals surface area contributed by atoms with Gasteiger partial charge in [0, 0.05) is 37.2 Å². The Labute approximate surface area is 251 Å². The number of nitrogens with zero attached hydrogens (tertiary/aromatic N) is 4. The normalized spacial score (nSPS) is 15.7. The Balaban J connectivity index is 1.21. The van der Waals surface area contributed by atoms with Gasteiger partial charge in [0.15, 0.2) is 0 Å². The van der Waals surface area contributed by atoms with E-state index in [9.17, 15) is 9.59 Å². The molecule has 0 radical (unpaired) electrons. The Morgan fingerprint density at radius 3 is 2.60 bits per heavy atom. The molecule has 224 valence electrons. The molecule has 5 heterocycles. The van der Waals surface area contributed by atoms with Gasteiger partial charge in [0.1, 0.15) is 28.6 Å². The number of hydrogen-bond acceptors (Lipinski definition) is 7. The zero-order valence-corrected chi connectivity index (χ0v) is 25.0. The summed E-state index contributed by atoms with van der Waals surface area (Å²) >= 11 is 0. The van der Waals surface area contributed by atoms with Crippen LogP contribution in [0, 0.1) is 0 Å². The standard InChI is InChI=1S/C33H38N6O4/c1-33(2,3)43-32(41)39-16-11-22-7-8-25(17-24(22)20-39)42-27-10-13-35-31-30(27)26(19-36-31)23-9-12-34-28(18-23)37-29(40)21-38-14-5-4-6-15-38/h7-10,12-13,17-19H,4-6,11,14-16,20-21H2,1-3H3,(H,35,36)(H,34,37,40). The summed E-state index contributed by atoms with van der Waals surface area (Å²) in [5.41, 5.74) is 4.15. The topological polar surface area (TPSA) is 113 Å². The molecule has 10 nitrogen and oxygen atoms in total. The maximum atomic E-state index is 12.7. The summed E-state index contributed by atoms with van der Waals surface area (Å²) in [6.07, 6.45) is 9.25. The number of H-pyrrole nitrogens is 1. The predicted octanol–water partition coefficient (Wildman–Crippen LogP) is 6.13. The lowest BCUT2D eigenvalue weighted by atomic mass is 10.00. The Kier molecular flexibility index (Phi) is 8.03. The monoisotopic (exact) mass is 582 g/mol. The molecule has 1 fully saturated rings. The number of aromatic amines is 1. The molecule has 0 bridgehead atoms. The van der Waals surface area contributed by atoms with E-state index in [4.69, 9.17) is 9.47 Å². The van der Waals surface area contributed by atoms with E-state index in [0.29, 0.717) is 42.6 Å². The molecule has 0 saturated carbocycles. The lowest BCUT2D eigenvalue weighted by molar-refractivity contribution is -0.117. The molecule has 3 aromatic heterocycles. The van der Waals surface area contributed by atoms with Crippen molar-refractivity contribution in [3.05, 3.63) is 66.1 Å². The number of hydrogen-bond donors (Lipinski definition) is 2. The first-order valence-corrected chi connectivity index (χ1v) is 14.9. The van der Waals surface area contributed by atoms with Crippen molar-refractivity contribution in [2.24, 2.45) is 0 Å². The maximum absolute atomic E-state index is 12.7. The highest BCUT2D eigenvalue weighted by Crippen LogP contribution is 2.38. The van der Waals surface area contributed by atoms with Gasteiger partial charge in [-0.25, -0.2) is 14.8 Å². The average Bonchev–Trinajstić information content (AvgIpc) is 3.42. The lowest BCUT2D eigenvalue weighted by Gasteiger charge is -2.31. The number of fused-ring (bicyclic) bond motifs is 2. The Morgan fingerprint density at radius 1 is 0.977 bits per heavy atom. The molecule has 0 atom stereocenters. The lowest BCUT2D eigenvalue weighted by Crippen LogP contribution is -2.39. The zero-order valence-electron chi connectivity index (χ0n) is 25.0. The Morgan fingerprint density at radius 2 is 1.79 bits per heavy atom. The van der Waals surface area contributed by atoms with Gasteiger partial charge in [0.2, 0.25) is 5.91 Å². The van der Waals surface area contributed by atoms with Gasteiger partial charge in [-0.15, -0.1) is 0 Å². The van der Waals surface area contributed by atoms with Crippen molar-refractivity contribution in [3.8, 4) is 22.6 Å². The summed E-state index contributed by atoms with van der Waals surface area (Å²) in [5, 5.41) is 3.79. The van der Waals surface area contributed by atoms with Crippen LogP contribution < -0.4 is 10.1 Å². The molecule has 2 N–H and O–H groups in total. The van der Waals surface area contributed by atoms with Crippen LogP contribution in [0.5, 0.6) is 11.5 Å². The third-order valence-electron chi connectivity index (χ3n) is 7.76. The highest BCUT2D eigenvalue weighted by atomic mass is 16.6. The van der Waals surface area contributed by atoms with Gasteiger partial charge in [-0.3, -0.25) is 9.69 Å². The molecule has 2 aliphatic heterocycles. The third-order valence-corrected chi connectivity index (χ3v) is 7.76. The molecule has 43 heavy (non-hydrogen) atoms. The molecule has 1 aromatic carbocycles. The molecule has 10 heteroatoms. The van der Waals surface area contributed by atoms with Crippen molar-refractivity contribution in [3.63, 3.8) is 0 Å². The van der Waals surface area contributed by atoms with Crippen molar-refractivity contribution < 1.29 is 19.1 Å². The van der Waals surface area contributed by atoms with Crippen molar-refractivity contribution in [1.29, 1.82) is 0 Å². The van der Waals surface area contributed by atoms with Gasteiger partial charge in [-0.05, 0) is 100 Å². The summed E-state index contributed by atoms with van der Waals surface area (Å²) in [6.45, 7) is 8.99. The highest BCUT2D eigenvalue weighted by Gasteiger charge is 2.26. The van der Waals surface area contributed by atoms with Crippen LogP contribution in [0.25, 0.3) is 22.2 Å². The van der Waals surface area contributed by atoms with Crippen LogP contribution in [-0.2, 0) is 22.5 Å². The van der Waals surface area contributed by atoms with E-state index < -0.39 is 5.60 Å². The summed E-state index contributed by atoms with van der Waals surface area (Å²) < 4.78 is 12.0. The first-order valence-electron chi connectivity index (χ1n) is 14.9. The third kappa shape index (κ3) is 6.80. The number of pyridine rings is 2. The van der Waals surface area contributed by atoms with Crippen molar-refractivity contribution in [1.82, 2.24) is 24.8 Å². The zero-order chi connectivity index (χ0) is 30.0. The average molecular weight is 583 g/mol. The molecule has 1 saturated heterocycles. The van der Waals surface area contributed by atoms with E-state index in [1.165, 1.54) is 12.0 Å². The fourth-order valence-electron chi connectivity index (χ4n) is 5.71. The number of piperidine rings is 1. The van der Waals surface area contributed by atoms with Crippen molar-refractivity contribution >= 4 is 28.9 Å². The first kappa shape index (κ1) is 28.7. The molecule has 0 spiro atoms. The van der Waals surface area contributed by atoms with E-state index in [0.717, 1.165) is 54.4 Å². The molecule has 2 aliphatic rings. The number of aromatic nitrogens is 3. The predicted molar refractivity (Wildman–Crippen MR) is 165 cm³/mol. The molecule has 2 amide bonds. The summed E-state index contributed by atoms with van der Waals surface area (Å²) in [5.74, 6) is 1.76. The van der Waals surface area contributed by atoms with Gasteiger partial charge >= 0.3 is 6.09 Å². The smallest absolute Gasteiger partial charge is 0.410 e. The van der Waals surface area contributed by atoms with Gasteiger partial charge < -0.3 is 24.7 Å². The number of ether oxygens (including phenoxy) is 2. The van der Waals surface area contributed by atoms with Crippen LogP contribution in [0.4, 0.5) is 10.6 Å². The van der Waals surface area contributed by atoms with Crippen LogP contribution in [0.1, 0.15) is 51.2 Å². The molecule has 4 aromatic rings. The number of anilines is 1. The minimum atomic E-state index is -0.544. The molecular formula is C33H38N6O4. The van der Waals surface area contributed by atoms with Gasteiger partial charge in [-0.2, -0.15) is 0 Å². The minimum Gasteiger partial charge on any atom is -0.457 e. The number of carbonyl (C=O) groups is 2. The minimum absolute atomic E-state index is 0.0613. The Bertz CT molecular complexity index is 1640. The number of benzene rings is 1. The van der Waals surface area contributed by atoms with Crippen molar-refractivity contribution in [2.75, 3.05) is 31.5 Å². The largest absolute Gasteiger partial charge is 0.457 e. The number of carbonyl (C=O) groups excluding carboxylic acids is 2. The van der Waals surface area contributed by atoms with Crippen LogP contribution in [0.3, 0.4) is 0 Å². The van der Waals surface area contributed by atoms with E-state index in [2.05, 4.69) is 31.2 Å². The fourth-order valence-corrected chi connectivity index (χ4v) is 5.71. The first-order chi connectivity index (χ1) is 20.7. The maximum Gasteiger partial charge on any atom is 0.410 e. The Hall–Kier alpha value is -4.44. The molecule has 0 unspecified atom stereocenters. The van der Waals surface area contributed by atoms with E-state index in [-0.39, 0.29) is 12.0 Å². The van der Waals surface area contributed by atoms with E-state index >= 15 is 0 Å². The second-order valence-corrected chi connectivity index (χ2v) is 12.2. The van der Waals surface area contributed by atoms with Gasteiger partial charge in [-0.1, -0.05) is 12.5 Å². The van der Waals surface area contributed by atoms with Gasteiger partial charge in [0.05, 0.1) is 11.9 Å². The summed E-state index contributed by atoms with van der Waals surface area (Å²) in [6, 6.07) is 11.6. The van der Waals surface area contributed by atoms with Crippen molar-refractivity contribution in [2.45, 2.75) is 58.6 Å². The van der Waals surface area contributed by atoms with E-state index in [1.54, 1.807) is 17.3 Å². The number of rotatable bonds is 6. The SMILES string of the molecule is CC(C)(C)OC(=O)N1CCc2ccc(Oc3ccnc4[nH]cc(-c5ccnc(NC(=O)CN6CCCCC6)c5)c34)cc2C1.